The molecule has 0 saturated heterocycles. The Morgan fingerprint density at radius 2 is 1.89 bits per heavy atom. The van der Waals surface area contributed by atoms with E-state index in [1.807, 2.05) is 0 Å². The summed E-state index contributed by atoms with van der Waals surface area (Å²) in [5.41, 5.74) is 1.26. The molecule has 0 amide bonds. The molecule has 2 heterocycles. The van der Waals surface area contributed by atoms with Crippen molar-refractivity contribution in [2.24, 2.45) is 0 Å². The van der Waals surface area contributed by atoms with Gasteiger partial charge in [-0.05, 0) is 35.8 Å². The maximum atomic E-state index is 12.1. The molecule has 0 aliphatic carbocycles. The predicted octanol–water partition coefficient (Wildman–Crippen LogP) is 1.45. The van der Waals surface area contributed by atoms with E-state index in [1.165, 1.54) is 18.5 Å². The second-order valence-electron chi connectivity index (χ2n) is 3.75. The molecular weight excluding hydrogens is 334 g/mol. The fraction of sp³-hybridized carbons (Fsp3) is 0.200. The Hall–Kier alpha value is -1.61. The maximum absolute atomic E-state index is 12.1. The fourth-order valence-electron chi connectivity index (χ4n) is 1.22. The van der Waals surface area contributed by atoms with E-state index in [1.54, 1.807) is 13.8 Å². The van der Waals surface area contributed by atoms with Gasteiger partial charge in [0.1, 0.15) is 4.90 Å². The molecule has 0 saturated carbocycles. The number of rotatable bonds is 3. The molecule has 0 fully saturated rings. The zero-order chi connectivity index (χ0) is 14.0. The van der Waals surface area contributed by atoms with E-state index in [2.05, 4.69) is 40.8 Å². The highest BCUT2D eigenvalue weighted by Gasteiger charge is 2.17. The molecule has 2 aromatic heterocycles. The van der Waals surface area contributed by atoms with Gasteiger partial charge in [0.2, 0.25) is 0 Å². The SMILES string of the molecule is Cc1nnc(NS(=O)(=O)c2cncc(Br)c2)nc1C. The van der Waals surface area contributed by atoms with Crippen LogP contribution < -0.4 is 4.72 Å². The number of aryl methyl sites for hydroxylation is 2. The molecule has 0 aliphatic heterocycles. The summed E-state index contributed by atoms with van der Waals surface area (Å²) in [6.45, 7) is 3.47. The number of nitrogens with zero attached hydrogens (tertiary/aromatic N) is 4. The average Bonchev–Trinajstić information content (AvgIpc) is 2.33. The third kappa shape index (κ3) is 3.24. The standard InChI is InChI=1S/C10H10BrN5O2S/c1-6-7(2)14-15-10(13-6)16-19(17,18)9-3-8(11)4-12-5-9/h3-5H,1-2H3,(H,13,15,16). The minimum Gasteiger partial charge on any atom is -0.262 e. The van der Waals surface area contributed by atoms with E-state index in [-0.39, 0.29) is 10.8 Å². The van der Waals surface area contributed by atoms with Crippen molar-refractivity contribution >= 4 is 31.9 Å². The summed E-state index contributed by atoms with van der Waals surface area (Å²) in [7, 11) is -3.77. The molecule has 0 aliphatic rings. The van der Waals surface area contributed by atoms with Crippen molar-refractivity contribution in [3.63, 3.8) is 0 Å². The van der Waals surface area contributed by atoms with Crippen LogP contribution in [0.3, 0.4) is 0 Å². The summed E-state index contributed by atoms with van der Waals surface area (Å²) in [6, 6.07) is 1.43. The van der Waals surface area contributed by atoms with Gasteiger partial charge in [-0.25, -0.2) is 18.1 Å². The number of hydrogen-bond acceptors (Lipinski definition) is 6. The van der Waals surface area contributed by atoms with Crippen molar-refractivity contribution in [1.82, 2.24) is 20.2 Å². The Labute approximate surface area is 118 Å². The summed E-state index contributed by atoms with van der Waals surface area (Å²) in [5.74, 6) is -0.0666. The summed E-state index contributed by atoms with van der Waals surface area (Å²) >= 11 is 3.16. The van der Waals surface area contributed by atoms with Crippen molar-refractivity contribution < 1.29 is 8.42 Å². The summed E-state index contributed by atoms with van der Waals surface area (Å²) in [6.07, 6.45) is 2.73. The van der Waals surface area contributed by atoms with Gasteiger partial charge < -0.3 is 0 Å². The normalized spacial score (nSPS) is 11.3. The van der Waals surface area contributed by atoms with Crippen LogP contribution in [-0.4, -0.2) is 28.6 Å². The number of sulfonamides is 1. The lowest BCUT2D eigenvalue weighted by atomic mass is 10.4. The largest absolute Gasteiger partial charge is 0.265 e. The quantitative estimate of drug-likeness (QED) is 0.905. The molecule has 7 nitrogen and oxygen atoms in total. The first-order valence-electron chi connectivity index (χ1n) is 5.20. The molecule has 19 heavy (non-hydrogen) atoms. The van der Waals surface area contributed by atoms with Gasteiger partial charge in [0.05, 0.1) is 11.4 Å². The predicted molar refractivity (Wildman–Crippen MR) is 72.0 cm³/mol. The molecule has 100 valence electrons. The van der Waals surface area contributed by atoms with Gasteiger partial charge in [-0.3, -0.25) is 4.98 Å². The van der Waals surface area contributed by atoms with Gasteiger partial charge in [0.25, 0.3) is 16.0 Å². The molecule has 0 bridgehead atoms. The molecule has 0 atom stereocenters. The highest BCUT2D eigenvalue weighted by molar-refractivity contribution is 9.10. The molecule has 1 N–H and O–H groups in total. The number of nitrogens with one attached hydrogen (secondary N) is 1. The first-order valence-corrected chi connectivity index (χ1v) is 7.47. The summed E-state index contributed by atoms with van der Waals surface area (Å²) < 4.78 is 27.0. The van der Waals surface area contributed by atoms with Crippen LogP contribution in [0.4, 0.5) is 5.95 Å². The molecule has 0 radical (unpaired) electrons. The lowest BCUT2D eigenvalue weighted by Crippen LogP contribution is -2.16. The second-order valence-corrected chi connectivity index (χ2v) is 6.35. The highest BCUT2D eigenvalue weighted by Crippen LogP contribution is 2.16. The number of hydrogen-bond donors (Lipinski definition) is 1. The molecule has 0 unspecified atom stereocenters. The Morgan fingerprint density at radius 3 is 2.53 bits per heavy atom. The van der Waals surface area contributed by atoms with Crippen LogP contribution in [0, 0.1) is 13.8 Å². The van der Waals surface area contributed by atoms with E-state index >= 15 is 0 Å². The second kappa shape index (κ2) is 5.17. The first-order chi connectivity index (χ1) is 8.88. The van der Waals surface area contributed by atoms with Crippen LogP contribution in [0.15, 0.2) is 27.8 Å². The van der Waals surface area contributed by atoms with E-state index < -0.39 is 10.0 Å². The van der Waals surface area contributed by atoms with Gasteiger partial charge in [-0.15, -0.1) is 5.10 Å². The molecule has 0 spiro atoms. The van der Waals surface area contributed by atoms with E-state index in [4.69, 9.17) is 0 Å². The van der Waals surface area contributed by atoms with Crippen molar-refractivity contribution in [2.45, 2.75) is 18.7 Å². The molecule has 2 rings (SSSR count). The zero-order valence-electron chi connectivity index (χ0n) is 10.1. The third-order valence-corrected chi connectivity index (χ3v) is 4.04. The van der Waals surface area contributed by atoms with Gasteiger partial charge in [0, 0.05) is 16.9 Å². The number of aromatic nitrogens is 4. The Morgan fingerprint density at radius 1 is 1.16 bits per heavy atom. The van der Waals surface area contributed by atoms with Crippen LogP contribution in [0.5, 0.6) is 0 Å². The monoisotopic (exact) mass is 343 g/mol. The van der Waals surface area contributed by atoms with Crippen LogP contribution >= 0.6 is 15.9 Å². The summed E-state index contributed by atoms with van der Waals surface area (Å²) in [4.78, 5) is 7.83. The Balaban J connectivity index is 2.33. The molecular formula is C10H10BrN5O2S. The molecule has 9 heteroatoms. The van der Waals surface area contributed by atoms with E-state index in [0.29, 0.717) is 15.9 Å². The van der Waals surface area contributed by atoms with Gasteiger partial charge in [-0.2, -0.15) is 5.10 Å². The van der Waals surface area contributed by atoms with Crippen molar-refractivity contribution in [3.05, 3.63) is 34.3 Å². The van der Waals surface area contributed by atoms with Crippen LogP contribution in [0.25, 0.3) is 0 Å². The van der Waals surface area contributed by atoms with E-state index in [0.717, 1.165) is 0 Å². The van der Waals surface area contributed by atoms with Gasteiger partial charge in [0.15, 0.2) is 0 Å². The minimum atomic E-state index is -3.77. The van der Waals surface area contributed by atoms with E-state index in [9.17, 15) is 8.42 Å². The lowest BCUT2D eigenvalue weighted by Gasteiger charge is -2.07. The highest BCUT2D eigenvalue weighted by atomic mass is 79.9. The van der Waals surface area contributed by atoms with Crippen LogP contribution in [0.1, 0.15) is 11.4 Å². The lowest BCUT2D eigenvalue weighted by molar-refractivity contribution is 0.600. The van der Waals surface area contributed by atoms with Crippen molar-refractivity contribution in [1.29, 1.82) is 0 Å². The van der Waals surface area contributed by atoms with Gasteiger partial charge >= 0.3 is 0 Å². The number of pyridine rings is 1. The average molecular weight is 344 g/mol. The molecule has 0 aromatic carbocycles. The third-order valence-electron chi connectivity index (χ3n) is 2.31. The van der Waals surface area contributed by atoms with Gasteiger partial charge in [-0.1, -0.05) is 0 Å². The van der Waals surface area contributed by atoms with Crippen molar-refractivity contribution in [2.75, 3.05) is 4.72 Å². The summed E-state index contributed by atoms with van der Waals surface area (Å²) in [5, 5.41) is 7.50. The molecule has 2 aromatic rings. The minimum absolute atomic E-state index is 0.0173. The maximum Gasteiger partial charge on any atom is 0.265 e. The zero-order valence-corrected chi connectivity index (χ0v) is 12.5. The van der Waals surface area contributed by atoms with Crippen LogP contribution in [-0.2, 0) is 10.0 Å². The topological polar surface area (TPSA) is 97.7 Å². The Bertz CT molecular complexity index is 720. The number of anilines is 1. The number of halogens is 1. The van der Waals surface area contributed by atoms with Crippen LogP contribution in [0.2, 0.25) is 0 Å². The Kier molecular flexibility index (Phi) is 3.76. The smallest absolute Gasteiger partial charge is 0.262 e. The fourth-order valence-corrected chi connectivity index (χ4v) is 2.66. The first kappa shape index (κ1) is 13.8. The van der Waals surface area contributed by atoms with Crippen molar-refractivity contribution in [3.8, 4) is 0 Å².